The lowest BCUT2D eigenvalue weighted by molar-refractivity contribution is -0.885. The van der Waals surface area contributed by atoms with Gasteiger partial charge in [0.15, 0.2) is 0 Å². The maximum atomic E-state index is 12.9. The quantitative estimate of drug-likeness (QED) is 0.876. The summed E-state index contributed by atoms with van der Waals surface area (Å²) in [5.41, 5.74) is 1.98. The Morgan fingerprint density at radius 2 is 1.43 bits per heavy atom. The van der Waals surface area contributed by atoms with Crippen molar-refractivity contribution in [1.82, 2.24) is 0 Å². The van der Waals surface area contributed by atoms with Crippen molar-refractivity contribution in [3.63, 3.8) is 0 Å². The highest BCUT2D eigenvalue weighted by Crippen LogP contribution is 2.27. The number of carbonyl (C=O) groups is 1. The van der Waals surface area contributed by atoms with Crippen molar-refractivity contribution in [2.24, 2.45) is 0 Å². The molecule has 0 unspecified atom stereocenters. The van der Waals surface area contributed by atoms with Crippen LogP contribution >= 0.6 is 0 Å². The van der Waals surface area contributed by atoms with Gasteiger partial charge in [-0.1, -0.05) is 60.7 Å². The van der Waals surface area contributed by atoms with Crippen LogP contribution in [0, 0.1) is 0 Å². The van der Waals surface area contributed by atoms with Gasteiger partial charge in [0.05, 0.1) is 20.1 Å². The summed E-state index contributed by atoms with van der Waals surface area (Å²) in [5.74, 6) is -0.476. The molecule has 120 valence electrons. The molecule has 0 radical (unpaired) electrons. The molecule has 0 aromatic heterocycles. The molecule has 1 fully saturated rings. The van der Waals surface area contributed by atoms with Crippen LogP contribution in [0.3, 0.4) is 0 Å². The predicted octanol–water partition coefficient (Wildman–Crippen LogP) is 2.04. The molecule has 0 aliphatic carbocycles. The molecule has 3 heteroatoms. The van der Waals surface area contributed by atoms with E-state index in [1.165, 1.54) is 4.90 Å². The molecule has 1 saturated heterocycles. The van der Waals surface area contributed by atoms with Crippen molar-refractivity contribution < 1.29 is 14.4 Å². The van der Waals surface area contributed by atoms with Gasteiger partial charge in [-0.15, -0.1) is 0 Å². The number of likely N-dealkylation sites (tertiary alicyclic amines) is 1. The average Bonchev–Trinajstić information content (AvgIpc) is 2.59. The van der Waals surface area contributed by atoms with Gasteiger partial charge in [0.25, 0.3) is 0 Å². The van der Waals surface area contributed by atoms with E-state index >= 15 is 0 Å². The van der Waals surface area contributed by atoms with E-state index in [1.807, 2.05) is 60.7 Å². The molecule has 1 aliphatic rings. The Labute approximate surface area is 137 Å². The molecule has 2 aromatic carbocycles. The van der Waals surface area contributed by atoms with E-state index in [1.54, 1.807) is 0 Å². The standard InChI is InChI=1S/C20H23NO2/c1-21-14-12-18(13-15-21)23-20(22)19(16-8-4-2-5-9-16)17-10-6-3-7-11-17/h2-11,18-19H,12-15H2,1H3/p+1. The van der Waals surface area contributed by atoms with Crippen LogP contribution in [0.2, 0.25) is 0 Å². The van der Waals surface area contributed by atoms with E-state index in [4.69, 9.17) is 4.74 Å². The number of hydrogen-bond acceptors (Lipinski definition) is 2. The minimum Gasteiger partial charge on any atom is -0.461 e. The molecule has 3 rings (SSSR count). The summed E-state index contributed by atoms with van der Waals surface area (Å²) in [6, 6.07) is 19.8. The zero-order valence-electron chi connectivity index (χ0n) is 13.6. The van der Waals surface area contributed by atoms with Crippen LogP contribution in [-0.4, -0.2) is 32.2 Å². The fourth-order valence-electron chi connectivity index (χ4n) is 3.19. The number of hydrogen-bond donors (Lipinski definition) is 1. The first-order valence-electron chi connectivity index (χ1n) is 8.35. The largest absolute Gasteiger partial charge is 0.461 e. The molecule has 3 nitrogen and oxygen atoms in total. The summed E-state index contributed by atoms with van der Waals surface area (Å²) >= 11 is 0. The van der Waals surface area contributed by atoms with Gasteiger partial charge in [-0.25, -0.2) is 0 Å². The SMILES string of the molecule is C[NH+]1CCC(OC(=O)C(c2ccccc2)c2ccccc2)CC1. The first kappa shape index (κ1) is 15.8. The second-order valence-corrected chi connectivity index (χ2v) is 6.35. The molecule has 0 saturated carbocycles. The Morgan fingerprint density at radius 1 is 0.957 bits per heavy atom. The van der Waals surface area contributed by atoms with E-state index < -0.39 is 0 Å². The molecule has 0 bridgehead atoms. The van der Waals surface area contributed by atoms with Gasteiger partial charge >= 0.3 is 5.97 Å². The van der Waals surface area contributed by atoms with Gasteiger partial charge < -0.3 is 9.64 Å². The molecule has 1 N–H and O–H groups in total. The first-order valence-corrected chi connectivity index (χ1v) is 8.35. The Bertz CT molecular complexity index is 579. The predicted molar refractivity (Wildman–Crippen MR) is 90.5 cm³/mol. The summed E-state index contributed by atoms with van der Waals surface area (Å²) in [6.45, 7) is 2.14. The molecule has 2 aromatic rings. The van der Waals surface area contributed by atoms with E-state index in [-0.39, 0.29) is 18.0 Å². The first-order chi connectivity index (χ1) is 11.2. The number of ether oxygens (including phenoxy) is 1. The van der Waals surface area contributed by atoms with Crippen molar-refractivity contribution in [2.75, 3.05) is 20.1 Å². The number of rotatable bonds is 4. The smallest absolute Gasteiger partial charge is 0.318 e. The van der Waals surface area contributed by atoms with Crippen molar-refractivity contribution in [3.8, 4) is 0 Å². The molecule has 0 spiro atoms. The number of carbonyl (C=O) groups excluding carboxylic acids is 1. The zero-order chi connectivity index (χ0) is 16.1. The van der Waals surface area contributed by atoms with Crippen LogP contribution < -0.4 is 4.90 Å². The summed E-state index contributed by atoms with van der Waals surface area (Å²) < 4.78 is 5.86. The highest BCUT2D eigenvalue weighted by atomic mass is 16.5. The van der Waals surface area contributed by atoms with Crippen molar-refractivity contribution in [1.29, 1.82) is 0 Å². The Balaban J connectivity index is 1.79. The molecule has 1 aliphatic heterocycles. The molecule has 1 heterocycles. The number of piperidine rings is 1. The number of benzene rings is 2. The maximum Gasteiger partial charge on any atom is 0.318 e. The lowest BCUT2D eigenvalue weighted by Gasteiger charge is -2.28. The second kappa shape index (κ2) is 7.42. The zero-order valence-corrected chi connectivity index (χ0v) is 13.6. The van der Waals surface area contributed by atoms with E-state index in [0.29, 0.717) is 0 Å². The van der Waals surface area contributed by atoms with Crippen LogP contribution in [-0.2, 0) is 9.53 Å². The lowest BCUT2D eigenvalue weighted by Crippen LogP contribution is -3.10. The third-order valence-corrected chi connectivity index (χ3v) is 4.57. The van der Waals surface area contributed by atoms with Crippen LogP contribution in [0.25, 0.3) is 0 Å². The van der Waals surface area contributed by atoms with Crippen LogP contribution in [0.15, 0.2) is 60.7 Å². The summed E-state index contributed by atoms with van der Waals surface area (Å²) in [5, 5.41) is 0. The Kier molecular flexibility index (Phi) is 5.09. The average molecular weight is 310 g/mol. The van der Waals surface area contributed by atoms with Crippen LogP contribution in [0.5, 0.6) is 0 Å². The summed E-state index contributed by atoms with van der Waals surface area (Å²) in [6.07, 6.45) is 1.96. The third kappa shape index (κ3) is 3.99. The van der Waals surface area contributed by atoms with E-state index in [9.17, 15) is 4.79 Å². The maximum absolute atomic E-state index is 12.9. The van der Waals surface area contributed by atoms with Gasteiger partial charge in [-0.05, 0) is 11.1 Å². The van der Waals surface area contributed by atoms with Gasteiger partial charge in [0.2, 0.25) is 0 Å². The summed E-state index contributed by atoms with van der Waals surface area (Å²) in [7, 11) is 2.19. The molecule has 0 amide bonds. The number of nitrogens with one attached hydrogen (secondary N) is 1. The van der Waals surface area contributed by atoms with Crippen LogP contribution in [0.4, 0.5) is 0 Å². The third-order valence-electron chi connectivity index (χ3n) is 4.57. The molecular formula is C20H24NO2+. The fourth-order valence-corrected chi connectivity index (χ4v) is 3.19. The normalized spacial score (nSPS) is 21.1. The Hall–Kier alpha value is -2.13. The van der Waals surface area contributed by atoms with Crippen molar-refractivity contribution in [2.45, 2.75) is 24.9 Å². The molecule has 23 heavy (non-hydrogen) atoms. The highest BCUT2D eigenvalue weighted by Gasteiger charge is 2.29. The number of quaternary nitrogens is 1. The summed E-state index contributed by atoms with van der Waals surface area (Å²) in [4.78, 5) is 14.4. The van der Waals surface area contributed by atoms with Gasteiger partial charge in [-0.3, -0.25) is 4.79 Å². The monoisotopic (exact) mass is 310 g/mol. The Morgan fingerprint density at radius 3 is 1.91 bits per heavy atom. The van der Waals surface area contributed by atoms with E-state index in [2.05, 4.69) is 7.05 Å². The van der Waals surface area contributed by atoms with Crippen LogP contribution in [0.1, 0.15) is 29.9 Å². The minimum atomic E-state index is -0.343. The lowest BCUT2D eigenvalue weighted by atomic mass is 9.91. The fraction of sp³-hybridized carbons (Fsp3) is 0.350. The van der Waals surface area contributed by atoms with Crippen molar-refractivity contribution in [3.05, 3.63) is 71.8 Å². The topological polar surface area (TPSA) is 30.7 Å². The van der Waals surface area contributed by atoms with Gasteiger partial charge in [0.1, 0.15) is 12.0 Å². The van der Waals surface area contributed by atoms with Crippen molar-refractivity contribution >= 4 is 5.97 Å². The van der Waals surface area contributed by atoms with Gasteiger partial charge in [0, 0.05) is 12.8 Å². The second-order valence-electron chi connectivity index (χ2n) is 6.35. The van der Waals surface area contributed by atoms with Gasteiger partial charge in [-0.2, -0.15) is 0 Å². The minimum absolute atomic E-state index is 0.0566. The molecular weight excluding hydrogens is 286 g/mol. The number of esters is 1. The molecule has 0 atom stereocenters. The van der Waals surface area contributed by atoms with E-state index in [0.717, 1.165) is 37.1 Å². The highest BCUT2D eigenvalue weighted by molar-refractivity contribution is 5.82.